The van der Waals surface area contributed by atoms with Gasteiger partial charge in [0.1, 0.15) is 5.82 Å². The molecule has 0 saturated carbocycles. The number of rotatable bonds is 2. The molecular weight excluding hydrogens is 178 g/mol. The summed E-state index contributed by atoms with van der Waals surface area (Å²) in [5.74, 6) is 1.01. The highest BCUT2D eigenvalue weighted by Gasteiger charge is 2.03. The average Bonchev–Trinajstić information content (AvgIpc) is 2.18. The van der Waals surface area contributed by atoms with Crippen LogP contribution in [0.1, 0.15) is 25.3 Å². The minimum absolute atomic E-state index is 0.251. The van der Waals surface area contributed by atoms with Crippen molar-refractivity contribution in [2.24, 2.45) is 0 Å². The highest BCUT2D eigenvalue weighted by Crippen LogP contribution is 2.15. The van der Waals surface area contributed by atoms with Gasteiger partial charge in [-0.1, -0.05) is 13.8 Å². The summed E-state index contributed by atoms with van der Waals surface area (Å²) in [5, 5.41) is 5.10. The van der Waals surface area contributed by atoms with Crippen LogP contribution in [0.2, 0.25) is 0 Å². The lowest BCUT2D eigenvalue weighted by Gasteiger charge is -2.07. The van der Waals surface area contributed by atoms with Gasteiger partial charge in [0.15, 0.2) is 0 Å². The van der Waals surface area contributed by atoms with Crippen LogP contribution >= 0.6 is 0 Å². The lowest BCUT2D eigenvalue weighted by molar-refractivity contribution is 0.254. The number of carbonyl (C=O) groups is 1. The number of anilines is 1. The van der Waals surface area contributed by atoms with Crippen LogP contribution in [0.15, 0.2) is 18.3 Å². The predicted octanol–water partition coefficient (Wildman–Crippen LogP) is 1.96. The van der Waals surface area contributed by atoms with E-state index in [1.807, 2.05) is 12.1 Å². The SMILES string of the molecule is CNC(=O)Nc1cc(C(C)C)ccn1. The van der Waals surface area contributed by atoms with Gasteiger partial charge in [-0.3, -0.25) is 5.32 Å². The number of hydrogen-bond donors (Lipinski definition) is 2. The molecule has 2 amide bonds. The highest BCUT2D eigenvalue weighted by molar-refractivity contribution is 5.87. The Morgan fingerprint density at radius 1 is 1.50 bits per heavy atom. The number of amides is 2. The molecule has 4 heteroatoms. The first kappa shape index (κ1) is 10.5. The van der Waals surface area contributed by atoms with Crippen LogP contribution in [-0.2, 0) is 0 Å². The van der Waals surface area contributed by atoms with Crippen molar-refractivity contribution in [3.63, 3.8) is 0 Å². The number of nitrogens with one attached hydrogen (secondary N) is 2. The molecule has 1 aromatic heterocycles. The maximum absolute atomic E-state index is 11.0. The van der Waals surface area contributed by atoms with Gasteiger partial charge in [0.2, 0.25) is 0 Å². The molecule has 0 aliphatic rings. The summed E-state index contributed by atoms with van der Waals surface area (Å²) in [6.07, 6.45) is 1.70. The van der Waals surface area contributed by atoms with Crippen LogP contribution in [0.4, 0.5) is 10.6 Å². The first-order valence-corrected chi connectivity index (χ1v) is 4.58. The smallest absolute Gasteiger partial charge is 0.320 e. The minimum Gasteiger partial charge on any atom is -0.341 e. The third-order valence-electron chi connectivity index (χ3n) is 1.92. The fourth-order valence-corrected chi connectivity index (χ4v) is 1.05. The van der Waals surface area contributed by atoms with Crippen LogP contribution in [0.3, 0.4) is 0 Å². The van der Waals surface area contributed by atoms with E-state index < -0.39 is 0 Å². The lowest BCUT2D eigenvalue weighted by Crippen LogP contribution is -2.24. The Kier molecular flexibility index (Phi) is 3.45. The van der Waals surface area contributed by atoms with Gasteiger partial charge < -0.3 is 5.32 Å². The number of carbonyl (C=O) groups excluding carboxylic acids is 1. The first-order chi connectivity index (χ1) is 6.63. The second-order valence-corrected chi connectivity index (χ2v) is 3.33. The number of hydrogen-bond acceptors (Lipinski definition) is 2. The summed E-state index contributed by atoms with van der Waals surface area (Å²) in [5.41, 5.74) is 1.16. The van der Waals surface area contributed by atoms with E-state index in [2.05, 4.69) is 29.5 Å². The molecule has 76 valence electrons. The van der Waals surface area contributed by atoms with Gasteiger partial charge in [0, 0.05) is 13.2 Å². The van der Waals surface area contributed by atoms with E-state index in [9.17, 15) is 4.79 Å². The molecule has 0 aliphatic heterocycles. The maximum Gasteiger partial charge on any atom is 0.320 e. The van der Waals surface area contributed by atoms with Gasteiger partial charge in [0.05, 0.1) is 0 Å². The van der Waals surface area contributed by atoms with E-state index in [1.54, 1.807) is 13.2 Å². The van der Waals surface area contributed by atoms with Gasteiger partial charge in [-0.15, -0.1) is 0 Å². The summed E-state index contributed by atoms with van der Waals surface area (Å²) >= 11 is 0. The predicted molar refractivity (Wildman–Crippen MR) is 56.4 cm³/mol. The van der Waals surface area contributed by atoms with Gasteiger partial charge in [-0.25, -0.2) is 9.78 Å². The lowest BCUT2D eigenvalue weighted by atomic mass is 10.1. The topological polar surface area (TPSA) is 54.0 Å². The van der Waals surface area contributed by atoms with Crippen molar-refractivity contribution in [1.29, 1.82) is 0 Å². The molecule has 0 atom stereocenters. The van der Waals surface area contributed by atoms with Gasteiger partial charge >= 0.3 is 6.03 Å². The van der Waals surface area contributed by atoms with Crippen molar-refractivity contribution in [2.45, 2.75) is 19.8 Å². The second kappa shape index (κ2) is 4.60. The molecule has 0 saturated heterocycles. The molecule has 0 bridgehead atoms. The fraction of sp³-hybridized carbons (Fsp3) is 0.400. The molecule has 4 nitrogen and oxygen atoms in total. The highest BCUT2D eigenvalue weighted by atomic mass is 16.2. The zero-order chi connectivity index (χ0) is 10.6. The molecule has 14 heavy (non-hydrogen) atoms. The van der Waals surface area contributed by atoms with Gasteiger partial charge in [-0.2, -0.15) is 0 Å². The molecule has 1 heterocycles. The van der Waals surface area contributed by atoms with Crippen molar-refractivity contribution < 1.29 is 4.79 Å². The van der Waals surface area contributed by atoms with E-state index in [-0.39, 0.29) is 6.03 Å². The number of nitrogens with zero attached hydrogens (tertiary/aromatic N) is 1. The summed E-state index contributed by atoms with van der Waals surface area (Å²) in [7, 11) is 1.57. The second-order valence-electron chi connectivity index (χ2n) is 3.33. The number of aromatic nitrogens is 1. The van der Waals surface area contributed by atoms with Crippen molar-refractivity contribution in [2.75, 3.05) is 12.4 Å². The largest absolute Gasteiger partial charge is 0.341 e. The maximum atomic E-state index is 11.0. The van der Waals surface area contributed by atoms with Crippen LogP contribution in [0.5, 0.6) is 0 Å². The fourth-order valence-electron chi connectivity index (χ4n) is 1.05. The molecule has 2 N–H and O–H groups in total. The summed E-state index contributed by atoms with van der Waals surface area (Å²) in [4.78, 5) is 15.0. The molecule has 0 radical (unpaired) electrons. The molecular formula is C10H15N3O. The Morgan fingerprint density at radius 2 is 2.21 bits per heavy atom. The summed E-state index contributed by atoms with van der Waals surface area (Å²) in [6.45, 7) is 4.19. The monoisotopic (exact) mass is 193 g/mol. The third-order valence-corrected chi connectivity index (χ3v) is 1.92. The van der Waals surface area contributed by atoms with Crippen LogP contribution in [0, 0.1) is 0 Å². The van der Waals surface area contributed by atoms with E-state index in [0.29, 0.717) is 11.7 Å². The van der Waals surface area contributed by atoms with E-state index in [1.165, 1.54) is 0 Å². The summed E-state index contributed by atoms with van der Waals surface area (Å²) in [6, 6.07) is 3.57. The molecule has 1 rings (SSSR count). The molecule has 0 spiro atoms. The average molecular weight is 193 g/mol. The van der Waals surface area contributed by atoms with Crippen LogP contribution in [-0.4, -0.2) is 18.1 Å². The number of urea groups is 1. The quantitative estimate of drug-likeness (QED) is 0.754. The minimum atomic E-state index is -0.251. The zero-order valence-corrected chi connectivity index (χ0v) is 8.66. The van der Waals surface area contributed by atoms with E-state index in [0.717, 1.165) is 5.56 Å². The van der Waals surface area contributed by atoms with Crippen molar-refractivity contribution in [3.05, 3.63) is 23.9 Å². The van der Waals surface area contributed by atoms with E-state index >= 15 is 0 Å². The van der Waals surface area contributed by atoms with E-state index in [4.69, 9.17) is 0 Å². The first-order valence-electron chi connectivity index (χ1n) is 4.58. The Balaban J connectivity index is 2.78. The molecule has 1 aromatic rings. The van der Waals surface area contributed by atoms with Crippen molar-refractivity contribution >= 4 is 11.8 Å². The molecule has 0 fully saturated rings. The Labute approximate surface area is 83.7 Å². The summed E-state index contributed by atoms with van der Waals surface area (Å²) < 4.78 is 0. The standard InChI is InChI=1S/C10H15N3O/c1-7(2)8-4-5-12-9(6-8)13-10(14)11-3/h4-7H,1-3H3,(H2,11,12,13,14). The Morgan fingerprint density at radius 3 is 2.79 bits per heavy atom. The number of pyridine rings is 1. The van der Waals surface area contributed by atoms with Crippen molar-refractivity contribution in [1.82, 2.24) is 10.3 Å². The van der Waals surface area contributed by atoms with Gasteiger partial charge in [-0.05, 0) is 23.6 Å². The molecule has 0 aromatic carbocycles. The van der Waals surface area contributed by atoms with Crippen molar-refractivity contribution in [3.8, 4) is 0 Å². The third kappa shape index (κ3) is 2.73. The van der Waals surface area contributed by atoms with Gasteiger partial charge in [0.25, 0.3) is 0 Å². The molecule has 0 unspecified atom stereocenters. The zero-order valence-electron chi connectivity index (χ0n) is 8.66. The normalized spacial score (nSPS) is 10.0. The van der Waals surface area contributed by atoms with Crippen LogP contribution in [0.25, 0.3) is 0 Å². The molecule has 0 aliphatic carbocycles. The Bertz CT molecular complexity index is 323. The Hall–Kier alpha value is -1.58. The van der Waals surface area contributed by atoms with Crippen LogP contribution < -0.4 is 10.6 Å².